The zero-order valence-corrected chi connectivity index (χ0v) is 31.7. The maximum absolute atomic E-state index is 6.43. The minimum absolute atomic E-state index is 0.905. The molecule has 0 aliphatic heterocycles. The fraction of sp³-hybridized carbons (Fsp3) is 0. The number of nitrogens with zero attached hydrogens (tertiary/aromatic N) is 1. The van der Waals surface area contributed by atoms with E-state index in [4.69, 9.17) is 4.42 Å². The third kappa shape index (κ3) is 5.74. The first kappa shape index (κ1) is 33.6. The summed E-state index contributed by atoms with van der Waals surface area (Å²) in [5.74, 6) is 0. The van der Waals surface area contributed by atoms with Crippen molar-refractivity contribution in [3.63, 3.8) is 0 Å². The number of furan rings is 1. The van der Waals surface area contributed by atoms with Crippen LogP contribution in [0.1, 0.15) is 0 Å². The third-order valence-electron chi connectivity index (χ3n) is 11.5. The maximum Gasteiger partial charge on any atom is 0.143 e. The van der Waals surface area contributed by atoms with Crippen LogP contribution in [0, 0.1) is 0 Å². The van der Waals surface area contributed by atoms with Crippen LogP contribution >= 0.6 is 0 Å². The highest BCUT2D eigenvalue weighted by Crippen LogP contribution is 2.46. The zero-order chi connectivity index (χ0) is 38.4. The lowest BCUT2D eigenvalue weighted by molar-refractivity contribution is 0.670. The predicted octanol–water partition coefficient (Wildman–Crippen LogP) is 16.0. The van der Waals surface area contributed by atoms with Crippen LogP contribution in [0.2, 0.25) is 0 Å². The topological polar surface area (TPSA) is 16.4 Å². The molecule has 0 bridgehead atoms. The molecule has 0 radical (unpaired) electrons. The van der Waals surface area contributed by atoms with E-state index in [0.717, 1.165) is 50.1 Å². The number of para-hydroxylation sites is 2. The van der Waals surface area contributed by atoms with Crippen LogP contribution in [0.25, 0.3) is 88.0 Å². The monoisotopic (exact) mass is 739 g/mol. The van der Waals surface area contributed by atoms with Crippen molar-refractivity contribution < 1.29 is 4.42 Å². The highest BCUT2D eigenvalue weighted by Gasteiger charge is 2.19. The first-order valence-corrected chi connectivity index (χ1v) is 19.8. The molecule has 0 atom stereocenters. The van der Waals surface area contributed by atoms with E-state index >= 15 is 0 Å². The van der Waals surface area contributed by atoms with Crippen LogP contribution in [0.15, 0.2) is 229 Å². The smallest absolute Gasteiger partial charge is 0.143 e. The minimum Gasteiger partial charge on any atom is -0.455 e. The summed E-state index contributed by atoms with van der Waals surface area (Å²) in [5, 5.41) is 7.29. The van der Waals surface area contributed by atoms with E-state index in [2.05, 4.69) is 217 Å². The molecule has 272 valence electrons. The average molecular weight is 740 g/mol. The first-order chi connectivity index (χ1) is 28.8. The Morgan fingerprint density at radius 2 is 0.655 bits per heavy atom. The Balaban J connectivity index is 1.05. The molecule has 11 aromatic rings. The quantitative estimate of drug-likeness (QED) is 0.151. The molecule has 58 heavy (non-hydrogen) atoms. The lowest BCUT2D eigenvalue weighted by Gasteiger charge is -2.26. The van der Waals surface area contributed by atoms with Gasteiger partial charge >= 0.3 is 0 Å². The van der Waals surface area contributed by atoms with Crippen molar-refractivity contribution in [2.45, 2.75) is 0 Å². The summed E-state index contributed by atoms with van der Waals surface area (Å²) >= 11 is 0. The van der Waals surface area contributed by atoms with Crippen LogP contribution in [0.5, 0.6) is 0 Å². The van der Waals surface area contributed by atoms with Crippen molar-refractivity contribution in [1.82, 2.24) is 0 Å². The molecule has 0 saturated carbocycles. The van der Waals surface area contributed by atoms with E-state index in [1.807, 2.05) is 12.1 Å². The molecule has 0 unspecified atom stereocenters. The molecule has 0 spiro atoms. The SMILES string of the molecule is c1ccc(-c2ccc(N(c3ccc(-c4c(-c5ccccc5)c5ccccc5c5ccccc45)cc3)c3ccc(-c4cccc5c4oc4ccccc45)cc3)cc2)cc1. The van der Waals surface area contributed by atoms with Crippen molar-refractivity contribution in [2.24, 2.45) is 0 Å². The van der Waals surface area contributed by atoms with Crippen molar-refractivity contribution in [3.8, 4) is 44.5 Å². The summed E-state index contributed by atoms with van der Waals surface area (Å²) in [6, 6.07) is 80.6. The lowest BCUT2D eigenvalue weighted by Crippen LogP contribution is -2.09. The van der Waals surface area contributed by atoms with E-state index in [1.165, 1.54) is 54.9 Å². The summed E-state index contributed by atoms with van der Waals surface area (Å²) in [4.78, 5) is 2.35. The van der Waals surface area contributed by atoms with Gasteiger partial charge in [0.25, 0.3) is 0 Å². The van der Waals surface area contributed by atoms with Gasteiger partial charge in [0, 0.05) is 33.4 Å². The highest BCUT2D eigenvalue weighted by atomic mass is 16.3. The molecule has 2 nitrogen and oxygen atoms in total. The summed E-state index contributed by atoms with van der Waals surface area (Å²) in [5.41, 5.74) is 14.5. The largest absolute Gasteiger partial charge is 0.455 e. The third-order valence-corrected chi connectivity index (χ3v) is 11.5. The molecule has 1 heterocycles. The summed E-state index contributed by atoms with van der Waals surface area (Å²) in [6.07, 6.45) is 0. The molecule has 0 saturated heterocycles. The highest BCUT2D eigenvalue weighted by molar-refractivity contribution is 6.21. The molecular weight excluding hydrogens is 703 g/mol. The molecule has 0 N–H and O–H groups in total. The van der Waals surface area contributed by atoms with Gasteiger partial charge in [0.05, 0.1) is 0 Å². The Bertz CT molecular complexity index is 3240. The Kier molecular flexibility index (Phi) is 8.19. The van der Waals surface area contributed by atoms with Gasteiger partial charge in [0.15, 0.2) is 0 Å². The number of rotatable bonds is 7. The van der Waals surface area contributed by atoms with Crippen LogP contribution in [-0.4, -0.2) is 0 Å². The molecular formula is C56H37NO. The van der Waals surface area contributed by atoms with Gasteiger partial charge < -0.3 is 9.32 Å². The summed E-state index contributed by atoms with van der Waals surface area (Å²) in [6.45, 7) is 0. The number of hydrogen-bond acceptors (Lipinski definition) is 2. The van der Waals surface area contributed by atoms with Gasteiger partial charge in [-0.1, -0.05) is 182 Å². The Hall–Kier alpha value is -7.68. The molecule has 0 amide bonds. The molecule has 0 aliphatic carbocycles. The lowest BCUT2D eigenvalue weighted by atomic mass is 9.85. The van der Waals surface area contributed by atoms with Gasteiger partial charge in [-0.25, -0.2) is 0 Å². The van der Waals surface area contributed by atoms with Crippen molar-refractivity contribution in [3.05, 3.63) is 224 Å². The number of hydrogen-bond donors (Lipinski definition) is 0. The first-order valence-electron chi connectivity index (χ1n) is 19.8. The summed E-state index contributed by atoms with van der Waals surface area (Å²) in [7, 11) is 0. The fourth-order valence-electron chi connectivity index (χ4n) is 8.77. The summed E-state index contributed by atoms with van der Waals surface area (Å²) < 4.78 is 6.43. The van der Waals surface area contributed by atoms with Crippen molar-refractivity contribution in [1.29, 1.82) is 0 Å². The average Bonchev–Trinajstić information content (AvgIpc) is 3.69. The van der Waals surface area contributed by atoms with Gasteiger partial charge in [-0.05, 0) is 103 Å². The Labute approximate surface area is 337 Å². The molecule has 10 aromatic carbocycles. The Morgan fingerprint density at radius 3 is 1.22 bits per heavy atom. The second-order valence-electron chi connectivity index (χ2n) is 14.8. The van der Waals surface area contributed by atoms with Gasteiger partial charge in [-0.2, -0.15) is 0 Å². The van der Waals surface area contributed by atoms with Gasteiger partial charge in [0.1, 0.15) is 11.2 Å². The molecule has 2 heteroatoms. The Morgan fingerprint density at radius 1 is 0.259 bits per heavy atom. The number of benzene rings is 10. The van der Waals surface area contributed by atoms with Crippen LogP contribution in [-0.2, 0) is 0 Å². The number of anilines is 3. The van der Waals surface area contributed by atoms with E-state index in [0.29, 0.717) is 0 Å². The van der Waals surface area contributed by atoms with Gasteiger partial charge in [-0.3, -0.25) is 0 Å². The minimum atomic E-state index is 0.905. The maximum atomic E-state index is 6.43. The van der Waals surface area contributed by atoms with E-state index in [9.17, 15) is 0 Å². The standard InChI is InChI=1S/C56H37NO/c1-3-14-38(15-4-1)39-26-32-43(33-27-39)57(44-34-28-40(29-35-44)46-23-13-24-52-49-20-11-12-25-53(49)58-56(46)52)45-36-30-42(31-37-45)55-51-22-10-8-19-48(51)47-18-7-9-21-50(47)54(55)41-16-5-2-6-17-41/h1-37H. The normalized spacial score (nSPS) is 11.4. The second kappa shape index (κ2) is 14.1. The van der Waals surface area contributed by atoms with Crippen molar-refractivity contribution in [2.75, 3.05) is 4.90 Å². The van der Waals surface area contributed by atoms with Crippen LogP contribution in [0.3, 0.4) is 0 Å². The second-order valence-corrected chi connectivity index (χ2v) is 14.8. The van der Waals surface area contributed by atoms with Crippen LogP contribution in [0.4, 0.5) is 17.1 Å². The molecule has 0 aliphatic rings. The van der Waals surface area contributed by atoms with Gasteiger partial charge in [-0.15, -0.1) is 0 Å². The zero-order valence-electron chi connectivity index (χ0n) is 31.7. The van der Waals surface area contributed by atoms with Crippen molar-refractivity contribution >= 4 is 60.5 Å². The van der Waals surface area contributed by atoms with Crippen LogP contribution < -0.4 is 4.90 Å². The fourth-order valence-corrected chi connectivity index (χ4v) is 8.77. The van der Waals surface area contributed by atoms with E-state index < -0.39 is 0 Å². The molecule has 1 aromatic heterocycles. The van der Waals surface area contributed by atoms with E-state index in [-0.39, 0.29) is 0 Å². The molecule has 11 rings (SSSR count). The predicted molar refractivity (Wildman–Crippen MR) is 245 cm³/mol. The van der Waals surface area contributed by atoms with E-state index in [1.54, 1.807) is 0 Å². The molecule has 0 fully saturated rings. The number of fused-ring (bicyclic) bond motifs is 6. The van der Waals surface area contributed by atoms with Gasteiger partial charge in [0.2, 0.25) is 0 Å².